The van der Waals surface area contributed by atoms with E-state index in [4.69, 9.17) is 5.21 Å². The molecule has 1 unspecified atom stereocenters. The zero-order valence-electron chi connectivity index (χ0n) is 17.4. The number of piperazine rings is 1. The first-order valence-electron chi connectivity index (χ1n) is 10.0. The number of anilines is 1. The van der Waals surface area contributed by atoms with Crippen LogP contribution in [0.25, 0.3) is 0 Å². The van der Waals surface area contributed by atoms with Gasteiger partial charge in [0.1, 0.15) is 5.92 Å². The molecule has 0 aromatic heterocycles. The number of hydroxylamine groups is 1. The lowest BCUT2D eigenvalue weighted by molar-refractivity contribution is -0.137. The Labute approximate surface area is 189 Å². The van der Waals surface area contributed by atoms with E-state index in [1.165, 1.54) is 21.9 Å². The van der Waals surface area contributed by atoms with Crippen LogP contribution >= 0.6 is 0 Å². The predicted molar refractivity (Wildman–Crippen MR) is 116 cm³/mol. The van der Waals surface area contributed by atoms with Gasteiger partial charge in [0.25, 0.3) is 5.91 Å². The van der Waals surface area contributed by atoms with E-state index < -0.39 is 39.3 Å². The Balaban J connectivity index is 1.65. The second kappa shape index (κ2) is 10.2. The highest BCUT2D eigenvalue weighted by Gasteiger charge is 2.33. The first kappa shape index (κ1) is 24.6. The average Bonchev–Trinajstić information content (AvgIpc) is 2.81. The molecule has 0 radical (unpaired) electrons. The summed E-state index contributed by atoms with van der Waals surface area (Å²) in [5.74, 6) is 2.52. The number of nitrogens with zero attached hydrogens (tertiary/aromatic N) is 2. The summed E-state index contributed by atoms with van der Waals surface area (Å²) >= 11 is 0. The van der Waals surface area contributed by atoms with Crippen LogP contribution in [-0.4, -0.2) is 55.8 Å². The van der Waals surface area contributed by atoms with Crippen molar-refractivity contribution >= 4 is 21.6 Å². The zero-order chi connectivity index (χ0) is 24.1. The van der Waals surface area contributed by atoms with Crippen molar-refractivity contribution in [1.29, 1.82) is 0 Å². The van der Waals surface area contributed by atoms with Gasteiger partial charge in [0.15, 0.2) is 0 Å². The number of sulfonamides is 1. The summed E-state index contributed by atoms with van der Waals surface area (Å²) in [6.07, 6.45) is -4.42. The first-order valence-corrected chi connectivity index (χ1v) is 11.6. The molecule has 2 aromatic carbocycles. The molecule has 1 aliphatic heterocycles. The van der Waals surface area contributed by atoms with E-state index in [0.29, 0.717) is 11.3 Å². The number of rotatable bonds is 5. The van der Waals surface area contributed by atoms with Gasteiger partial charge >= 0.3 is 6.18 Å². The van der Waals surface area contributed by atoms with Gasteiger partial charge in [0, 0.05) is 37.4 Å². The lowest BCUT2D eigenvalue weighted by atomic mass is 10.1. The summed E-state index contributed by atoms with van der Waals surface area (Å²) in [4.78, 5) is 13.8. The molecule has 176 valence electrons. The van der Waals surface area contributed by atoms with Gasteiger partial charge in [-0.3, -0.25) is 10.0 Å². The summed E-state index contributed by atoms with van der Waals surface area (Å²) in [6.45, 7) is 0.750. The maximum Gasteiger partial charge on any atom is 0.416 e. The van der Waals surface area contributed by atoms with Crippen LogP contribution in [-0.2, 0) is 21.0 Å². The summed E-state index contributed by atoms with van der Waals surface area (Å²) in [7, 11) is -3.89. The third-order valence-corrected chi connectivity index (χ3v) is 7.07. The molecule has 1 atom stereocenters. The van der Waals surface area contributed by atoms with Crippen LogP contribution < -0.4 is 10.4 Å². The maximum absolute atomic E-state index is 12.9. The Bertz CT molecular complexity index is 1120. The lowest BCUT2D eigenvalue weighted by Crippen LogP contribution is -2.50. The number of carbonyl (C=O) groups is 1. The molecule has 33 heavy (non-hydrogen) atoms. The monoisotopic (exact) mass is 481 g/mol. The molecule has 0 spiro atoms. The van der Waals surface area contributed by atoms with E-state index in [9.17, 15) is 26.4 Å². The van der Waals surface area contributed by atoms with Gasteiger partial charge in [0.2, 0.25) is 10.0 Å². The molecular formula is C22H22F3N3O4S. The van der Waals surface area contributed by atoms with Gasteiger partial charge in [-0.05, 0) is 36.4 Å². The maximum atomic E-state index is 12.9. The Morgan fingerprint density at radius 2 is 1.64 bits per heavy atom. The molecule has 1 fully saturated rings. The Morgan fingerprint density at radius 3 is 2.18 bits per heavy atom. The average molecular weight is 481 g/mol. The van der Waals surface area contributed by atoms with E-state index in [-0.39, 0.29) is 26.2 Å². The van der Waals surface area contributed by atoms with Crippen molar-refractivity contribution in [3.05, 3.63) is 65.7 Å². The summed E-state index contributed by atoms with van der Waals surface area (Å²) < 4.78 is 65.2. The highest BCUT2D eigenvalue weighted by atomic mass is 32.2. The van der Waals surface area contributed by atoms with Crippen LogP contribution in [0, 0.1) is 17.8 Å². The van der Waals surface area contributed by atoms with E-state index in [2.05, 4.69) is 11.8 Å². The molecule has 7 nitrogen and oxygen atoms in total. The van der Waals surface area contributed by atoms with Crippen LogP contribution in [0.5, 0.6) is 0 Å². The van der Waals surface area contributed by atoms with E-state index in [0.717, 1.165) is 12.1 Å². The van der Waals surface area contributed by atoms with Crippen molar-refractivity contribution in [3.63, 3.8) is 0 Å². The molecule has 11 heteroatoms. The van der Waals surface area contributed by atoms with Gasteiger partial charge in [-0.1, -0.05) is 30.0 Å². The first-order chi connectivity index (χ1) is 15.6. The number of nitrogens with one attached hydrogen (secondary N) is 1. The van der Waals surface area contributed by atoms with E-state index in [1.807, 2.05) is 0 Å². The lowest BCUT2D eigenvalue weighted by Gasteiger charge is -2.35. The molecule has 3 rings (SSSR count). The van der Waals surface area contributed by atoms with Crippen molar-refractivity contribution < 1.29 is 31.6 Å². The second-order valence-electron chi connectivity index (χ2n) is 7.37. The number of alkyl halides is 3. The van der Waals surface area contributed by atoms with Crippen molar-refractivity contribution in [2.75, 3.05) is 36.8 Å². The minimum absolute atomic E-state index is 0.100. The Morgan fingerprint density at radius 1 is 1.03 bits per heavy atom. The van der Waals surface area contributed by atoms with E-state index in [1.54, 1.807) is 35.2 Å². The number of amides is 1. The van der Waals surface area contributed by atoms with Crippen LogP contribution in [0.4, 0.5) is 18.9 Å². The topological polar surface area (TPSA) is 89.9 Å². The summed E-state index contributed by atoms with van der Waals surface area (Å²) in [6, 6.07) is 13.4. The highest BCUT2D eigenvalue weighted by molar-refractivity contribution is 7.89. The van der Waals surface area contributed by atoms with Gasteiger partial charge in [0.05, 0.1) is 11.3 Å². The molecule has 2 N–H and O–H groups in total. The largest absolute Gasteiger partial charge is 0.416 e. The van der Waals surface area contributed by atoms with Gasteiger partial charge in [-0.25, -0.2) is 13.9 Å². The number of benzene rings is 2. The number of hydrogen-bond acceptors (Lipinski definition) is 5. The van der Waals surface area contributed by atoms with Gasteiger partial charge in [-0.2, -0.15) is 17.5 Å². The van der Waals surface area contributed by atoms with Crippen molar-refractivity contribution in [2.24, 2.45) is 5.92 Å². The molecule has 2 aromatic rings. The number of halogens is 3. The minimum atomic E-state index is -4.42. The minimum Gasteiger partial charge on any atom is -0.369 e. The van der Waals surface area contributed by atoms with Crippen LogP contribution in [0.15, 0.2) is 54.6 Å². The normalized spacial score (nSPS) is 15.9. The van der Waals surface area contributed by atoms with Gasteiger partial charge in [-0.15, -0.1) is 0 Å². The smallest absolute Gasteiger partial charge is 0.369 e. The number of carbonyl (C=O) groups excluding carboxylic acids is 1. The van der Waals surface area contributed by atoms with Gasteiger partial charge < -0.3 is 4.90 Å². The summed E-state index contributed by atoms with van der Waals surface area (Å²) in [5, 5.41) is 8.99. The second-order valence-corrected chi connectivity index (χ2v) is 9.39. The third-order valence-electron chi connectivity index (χ3n) is 5.16. The fourth-order valence-corrected chi connectivity index (χ4v) is 4.94. The Hall–Kier alpha value is -3.07. The van der Waals surface area contributed by atoms with Crippen LogP contribution in [0.2, 0.25) is 0 Å². The molecule has 0 bridgehead atoms. The quantitative estimate of drug-likeness (QED) is 0.389. The molecule has 1 aliphatic rings. The predicted octanol–water partition coefficient (Wildman–Crippen LogP) is 2.33. The highest BCUT2D eigenvalue weighted by Crippen LogP contribution is 2.30. The molecule has 0 saturated carbocycles. The van der Waals surface area contributed by atoms with E-state index >= 15 is 0 Å². The molecule has 0 aliphatic carbocycles. The van der Waals surface area contributed by atoms with Crippen molar-refractivity contribution in [2.45, 2.75) is 6.18 Å². The SMILES string of the molecule is O=C(NO)C(C#Cc1ccccc1)CS(=O)(=O)N1CCN(c2ccc(C(F)(F)F)cc2)CC1. The fourth-order valence-electron chi connectivity index (χ4n) is 3.35. The zero-order valence-corrected chi connectivity index (χ0v) is 18.2. The van der Waals surface area contributed by atoms with Crippen molar-refractivity contribution in [3.8, 4) is 11.8 Å². The Kier molecular flexibility index (Phi) is 7.63. The number of hydrogen-bond donors (Lipinski definition) is 2. The van der Waals surface area contributed by atoms with Crippen LogP contribution in [0.3, 0.4) is 0 Å². The fraction of sp³-hybridized carbons (Fsp3) is 0.318. The van der Waals surface area contributed by atoms with Crippen LogP contribution in [0.1, 0.15) is 11.1 Å². The summed E-state index contributed by atoms with van der Waals surface area (Å²) in [5.41, 5.74) is 1.86. The molecule has 1 heterocycles. The third kappa shape index (κ3) is 6.47. The van der Waals surface area contributed by atoms with Crippen molar-refractivity contribution in [1.82, 2.24) is 9.79 Å². The molecular weight excluding hydrogens is 459 g/mol. The standard InChI is InChI=1S/C22H22F3N3O4S/c23-22(24,25)19-8-10-20(11-9-19)27-12-14-28(15-13-27)33(31,32)16-18(21(29)26-30)7-6-17-4-2-1-3-5-17/h1-5,8-11,18,30H,12-16H2,(H,26,29). The molecule has 1 amide bonds. The molecule has 1 saturated heterocycles.